The van der Waals surface area contributed by atoms with E-state index >= 15 is 0 Å². The summed E-state index contributed by atoms with van der Waals surface area (Å²) >= 11 is 0.846. The van der Waals surface area contributed by atoms with Crippen molar-refractivity contribution < 1.29 is 19.1 Å². The molecule has 0 saturated heterocycles. The van der Waals surface area contributed by atoms with Gasteiger partial charge in [0, 0.05) is 6.54 Å². The monoisotopic (exact) mass is 378 g/mol. The highest BCUT2D eigenvalue weighted by Gasteiger charge is 2.20. The zero-order valence-corrected chi connectivity index (χ0v) is 15.8. The largest absolute Gasteiger partial charge is 0.496 e. The van der Waals surface area contributed by atoms with Crippen LogP contribution in [0.3, 0.4) is 0 Å². The van der Waals surface area contributed by atoms with E-state index in [1.807, 2.05) is 0 Å². The summed E-state index contributed by atoms with van der Waals surface area (Å²) in [6, 6.07) is 5.18. The molecule has 6 nitrogen and oxygen atoms in total. The Morgan fingerprint density at radius 1 is 1.35 bits per heavy atom. The highest BCUT2D eigenvalue weighted by atomic mass is 32.2. The molecule has 26 heavy (non-hydrogen) atoms. The predicted molar refractivity (Wildman–Crippen MR) is 103 cm³/mol. The SMILES string of the molecule is COc1ccc(CC(SC=O)C(N)=O)cc1C(=O)NCC1CCCCC1. The minimum absolute atomic E-state index is 0.187. The fourth-order valence-electron chi connectivity index (χ4n) is 3.28. The third kappa shape index (κ3) is 5.76. The van der Waals surface area contributed by atoms with Crippen molar-refractivity contribution in [2.45, 2.75) is 43.8 Å². The van der Waals surface area contributed by atoms with E-state index in [2.05, 4.69) is 5.32 Å². The lowest BCUT2D eigenvalue weighted by molar-refractivity contribution is -0.117. The summed E-state index contributed by atoms with van der Waals surface area (Å²) in [6.45, 7) is 0.664. The Labute approximate surface area is 158 Å². The Morgan fingerprint density at radius 2 is 2.08 bits per heavy atom. The van der Waals surface area contributed by atoms with Crippen LogP contribution in [0.5, 0.6) is 5.75 Å². The number of amides is 2. The van der Waals surface area contributed by atoms with Crippen LogP contribution in [-0.2, 0) is 16.0 Å². The van der Waals surface area contributed by atoms with Gasteiger partial charge in [0.2, 0.25) is 5.91 Å². The zero-order valence-electron chi connectivity index (χ0n) is 15.0. The van der Waals surface area contributed by atoms with Crippen molar-refractivity contribution in [3.8, 4) is 5.75 Å². The molecule has 1 aliphatic carbocycles. The standard InChI is InChI=1S/C19H26N2O4S/c1-25-16-8-7-14(10-17(18(20)23)26-12-22)9-15(16)19(24)21-11-13-5-3-2-4-6-13/h7-9,12-13,17H,2-6,10-11H2,1H3,(H2,20,23)(H,21,24). The molecule has 0 radical (unpaired) electrons. The van der Waals surface area contributed by atoms with Gasteiger partial charge < -0.3 is 15.8 Å². The van der Waals surface area contributed by atoms with Gasteiger partial charge in [-0.1, -0.05) is 37.1 Å². The molecular weight excluding hydrogens is 352 g/mol. The lowest BCUT2D eigenvalue weighted by Gasteiger charge is -2.22. The summed E-state index contributed by atoms with van der Waals surface area (Å²) in [5.74, 6) is 0.271. The number of methoxy groups -OCH3 is 1. The van der Waals surface area contributed by atoms with Crippen LogP contribution < -0.4 is 15.8 Å². The predicted octanol–water partition coefficient (Wildman–Crippen LogP) is 2.33. The molecular formula is C19H26N2O4S. The van der Waals surface area contributed by atoms with Gasteiger partial charge in [-0.05, 0) is 42.9 Å². The quantitative estimate of drug-likeness (QED) is 0.643. The molecule has 0 aliphatic heterocycles. The summed E-state index contributed by atoms with van der Waals surface area (Å²) in [6.07, 6.45) is 6.32. The van der Waals surface area contributed by atoms with Crippen LogP contribution >= 0.6 is 11.8 Å². The molecule has 1 fully saturated rings. The van der Waals surface area contributed by atoms with Crippen LogP contribution in [0.2, 0.25) is 0 Å². The first-order valence-corrected chi connectivity index (χ1v) is 9.83. The Kier molecular flexibility index (Phi) is 7.97. The summed E-state index contributed by atoms with van der Waals surface area (Å²) < 4.78 is 5.30. The second-order valence-electron chi connectivity index (χ2n) is 6.58. The summed E-state index contributed by atoms with van der Waals surface area (Å²) in [5.41, 5.74) is 7.13. The van der Waals surface area contributed by atoms with Gasteiger partial charge >= 0.3 is 0 Å². The zero-order chi connectivity index (χ0) is 18.9. The lowest BCUT2D eigenvalue weighted by atomic mass is 9.89. The number of hydrogen-bond acceptors (Lipinski definition) is 5. The van der Waals surface area contributed by atoms with Crippen LogP contribution in [0.15, 0.2) is 18.2 Å². The molecule has 0 aromatic heterocycles. The van der Waals surface area contributed by atoms with E-state index in [1.165, 1.54) is 26.4 Å². The number of ether oxygens (including phenoxy) is 1. The van der Waals surface area contributed by atoms with Crippen LogP contribution in [0.25, 0.3) is 0 Å². The van der Waals surface area contributed by atoms with Crippen LogP contribution in [0.4, 0.5) is 0 Å². The minimum atomic E-state index is -0.654. The molecule has 0 bridgehead atoms. The van der Waals surface area contributed by atoms with Crippen molar-refractivity contribution in [3.63, 3.8) is 0 Å². The highest BCUT2D eigenvalue weighted by Crippen LogP contribution is 2.25. The van der Waals surface area contributed by atoms with Gasteiger partial charge in [0.1, 0.15) is 5.75 Å². The van der Waals surface area contributed by atoms with E-state index in [4.69, 9.17) is 10.5 Å². The molecule has 1 aliphatic rings. The van der Waals surface area contributed by atoms with Crippen molar-refractivity contribution >= 4 is 29.2 Å². The van der Waals surface area contributed by atoms with Crippen molar-refractivity contribution in [1.82, 2.24) is 5.32 Å². The van der Waals surface area contributed by atoms with E-state index < -0.39 is 11.2 Å². The Hall–Kier alpha value is -2.02. The smallest absolute Gasteiger partial charge is 0.255 e. The van der Waals surface area contributed by atoms with Crippen molar-refractivity contribution in [2.24, 2.45) is 11.7 Å². The first-order chi connectivity index (χ1) is 12.5. The number of hydrogen-bond donors (Lipinski definition) is 2. The molecule has 2 rings (SSSR count). The molecule has 1 atom stereocenters. The first kappa shape index (κ1) is 20.3. The summed E-state index contributed by atoms with van der Waals surface area (Å²) in [4.78, 5) is 34.8. The number of primary amides is 1. The Bertz CT molecular complexity index is 644. The van der Waals surface area contributed by atoms with Crippen LogP contribution in [0.1, 0.15) is 48.0 Å². The molecule has 1 aromatic rings. The average molecular weight is 378 g/mol. The van der Waals surface area contributed by atoms with Gasteiger partial charge in [-0.15, -0.1) is 0 Å². The second-order valence-corrected chi connectivity index (χ2v) is 7.61. The maximum atomic E-state index is 12.6. The molecule has 0 heterocycles. The van der Waals surface area contributed by atoms with Crippen LogP contribution in [-0.4, -0.2) is 36.3 Å². The average Bonchev–Trinajstić information content (AvgIpc) is 2.66. The summed E-state index contributed by atoms with van der Waals surface area (Å²) in [7, 11) is 1.52. The number of thioether (sulfide) groups is 1. The fraction of sp³-hybridized carbons (Fsp3) is 0.526. The minimum Gasteiger partial charge on any atom is -0.496 e. The van der Waals surface area contributed by atoms with E-state index in [-0.39, 0.29) is 12.3 Å². The second kappa shape index (κ2) is 10.2. The van der Waals surface area contributed by atoms with Crippen molar-refractivity contribution in [1.29, 1.82) is 0 Å². The van der Waals surface area contributed by atoms with Gasteiger partial charge in [-0.2, -0.15) is 0 Å². The van der Waals surface area contributed by atoms with E-state index in [9.17, 15) is 14.4 Å². The van der Waals surface area contributed by atoms with Crippen LogP contribution in [0, 0.1) is 5.92 Å². The van der Waals surface area contributed by atoms with E-state index in [0.29, 0.717) is 29.4 Å². The molecule has 0 spiro atoms. The molecule has 1 unspecified atom stereocenters. The van der Waals surface area contributed by atoms with Gasteiger partial charge in [-0.3, -0.25) is 14.4 Å². The van der Waals surface area contributed by atoms with Crippen molar-refractivity contribution in [2.75, 3.05) is 13.7 Å². The molecule has 2 amide bonds. The Balaban J connectivity index is 2.08. The number of carbonyl (C=O) groups excluding carboxylic acids is 3. The third-order valence-electron chi connectivity index (χ3n) is 4.74. The maximum Gasteiger partial charge on any atom is 0.255 e. The van der Waals surface area contributed by atoms with Crippen molar-refractivity contribution in [3.05, 3.63) is 29.3 Å². The maximum absolute atomic E-state index is 12.6. The van der Waals surface area contributed by atoms with Gasteiger partial charge in [0.15, 0.2) is 5.62 Å². The highest BCUT2D eigenvalue weighted by molar-refractivity contribution is 8.13. The molecule has 142 valence electrons. The third-order valence-corrected chi connectivity index (χ3v) is 5.58. The van der Waals surface area contributed by atoms with Gasteiger partial charge in [-0.25, -0.2) is 0 Å². The number of nitrogens with two attached hydrogens (primary N) is 1. The fourth-order valence-corrected chi connectivity index (χ4v) is 3.84. The van der Waals surface area contributed by atoms with E-state index in [0.717, 1.165) is 30.2 Å². The molecule has 7 heteroatoms. The first-order valence-electron chi connectivity index (χ1n) is 8.88. The molecule has 1 saturated carbocycles. The normalized spacial score (nSPS) is 15.9. The molecule has 3 N–H and O–H groups in total. The van der Waals surface area contributed by atoms with Gasteiger partial charge in [0.25, 0.3) is 5.91 Å². The van der Waals surface area contributed by atoms with E-state index in [1.54, 1.807) is 18.2 Å². The van der Waals surface area contributed by atoms with Gasteiger partial charge in [0.05, 0.1) is 17.9 Å². The molecule has 1 aromatic carbocycles. The lowest BCUT2D eigenvalue weighted by Crippen LogP contribution is -2.31. The Morgan fingerprint density at radius 3 is 2.69 bits per heavy atom. The topological polar surface area (TPSA) is 98.5 Å². The number of rotatable bonds is 9. The number of benzene rings is 1. The summed E-state index contributed by atoms with van der Waals surface area (Å²) in [5, 5.41) is 2.35. The number of carbonyl (C=O) groups is 3. The number of nitrogens with one attached hydrogen (secondary N) is 1.